The van der Waals surface area contributed by atoms with Crippen molar-refractivity contribution < 1.29 is 4.79 Å². The molecular formula is C13H18ClN3OS. The molecule has 1 amide bonds. The largest absolute Gasteiger partial charge is 0.350 e. The summed E-state index contributed by atoms with van der Waals surface area (Å²) in [7, 11) is 0. The molecule has 1 unspecified atom stereocenters. The molecule has 1 aliphatic heterocycles. The van der Waals surface area contributed by atoms with Gasteiger partial charge in [0.1, 0.15) is 11.5 Å². The third-order valence-electron chi connectivity index (χ3n) is 3.01. The third-order valence-corrected chi connectivity index (χ3v) is 4.68. The van der Waals surface area contributed by atoms with Crippen LogP contribution in [0.25, 0.3) is 0 Å². The first kappa shape index (κ1) is 14.6. The van der Waals surface area contributed by atoms with Crippen molar-refractivity contribution in [3.05, 3.63) is 22.7 Å². The second kappa shape index (κ2) is 6.57. The second-order valence-electron chi connectivity index (χ2n) is 4.92. The predicted molar refractivity (Wildman–Crippen MR) is 78.9 cm³/mol. The van der Waals surface area contributed by atoms with Gasteiger partial charge in [-0.25, -0.2) is 9.97 Å². The highest BCUT2D eigenvalue weighted by Gasteiger charge is 2.19. The van der Waals surface area contributed by atoms with Crippen LogP contribution in [0.15, 0.2) is 6.20 Å². The van der Waals surface area contributed by atoms with Gasteiger partial charge in [0.15, 0.2) is 0 Å². The Balaban J connectivity index is 2.02. The number of halogens is 1. The summed E-state index contributed by atoms with van der Waals surface area (Å²) >= 11 is 7.91. The number of carbonyl (C=O) groups is 1. The molecule has 1 fully saturated rings. The van der Waals surface area contributed by atoms with E-state index in [0.717, 1.165) is 0 Å². The maximum absolute atomic E-state index is 12.1. The quantitative estimate of drug-likeness (QED) is 0.929. The maximum Gasteiger partial charge on any atom is 0.271 e. The van der Waals surface area contributed by atoms with E-state index in [-0.39, 0.29) is 17.5 Å². The van der Waals surface area contributed by atoms with Crippen molar-refractivity contribution in [2.75, 3.05) is 12.3 Å². The van der Waals surface area contributed by atoms with E-state index < -0.39 is 0 Å². The van der Waals surface area contributed by atoms with Crippen LogP contribution in [0.1, 0.15) is 48.9 Å². The van der Waals surface area contributed by atoms with Crippen LogP contribution in [0.4, 0.5) is 0 Å². The summed E-state index contributed by atoms with van der Waals surface area (Å²) in [4.78, 5) is 20.5. The van der Waals surface area contributed by atoms with Crippen LogP contribution < -0.4 is 5.32 Å². The number of nitrogens with zero attached hydrogens (tertiary/aromatic N) is 2. The fourth-order valence-corrected chi connectivity index (χ4v) is 3.29. The van der Waals surface area contributed by atoms with E-state index in [9.17, 15) is 4.79 Å². The van der Waals surface area contributed by atoms with E-state index in [2.05, 4.69) is 15.3 Å². The lowest BCUT2D eigenvalue weighted by Crippen LogP contribution is -2.31. The Kier molecular flexibility index (Phi) is 5.05. The van der Waals surface area contributed by atoms with Crippen molar-refractivity contribution in [1.82, 2.24) is 15.3 Å². The van der Waals surface area contributed by atoms with Gasteiger partial charge in [-0.2, -0.15) is 11.8 Å². The fourth-order valence-electron chi connectivity index (χ4n) is 1.91. The zero-order chi connectivity index (χ0) is 13.8. The van der Waals surface area contributed by atoms with Crippen molar-refractivity contribution in [1.29, 1.82) is 0 Å². The average Bonchev–Trinajstić information content (AvgIpc) is 2.89. The van der Waals surface area contributed by atoms with Crippen molar-refractivity contribution >= 4 is 29.3 Å². The molecule has 2 rings (SSSR count). The lowest BCUT2D eigenvalue weighted by molar-refractivity contribution is 0.0948. The molecule has 0 aliphatic carbocycles. The van der Waals surface area contributed by atoms with Crippen molar-refractivity contribution in [3.8, 4) is 0 Å². The zero-order valence-electron chi connectivity index (χ0n) is 11.1. The lowest BCUT2D eigenvalue weighted by Gasteiger charge is -2.11. The number of hydrogen-bond acceptors (Lipinski definition) is 4. The number of amides is 1. The fraction of sp³-hybridized carbons (Fsp3) is 0.615. The number of aromatic nitrogens is 2. The Hall–Kier alpha value is -0.810. The Morgan fingerprint density at radius 3 is 3.05 bits per heavy atom. The molecule has 6 heteroatoms. The number of nitrogens with one attached hydrogen (secondary N) is 1. The average molecular weight is 300 g/mol. The highest BCUT2D eigenvalue weighted by Crippen LogP contribution is 2.25. The summed E-state index contributed by atoms with van der Waals surface area (Å²) in [5.41, 5.74) is 0.281. The SMILES string of the molecule is CC(C)c1ncc(Cl)c(C(=O)NCC2CCCS2)n1. The van der Waals surface area contributed by atoms with Crippen molar-refractivity contribution in [2.45, 2.75) is 37.9 Å². The minimum Gasteiger partial charge on any atom is -0.350 e. The highest BCUT2D eigenvalue weighted by atomic mass is 35.5. The summed E-state index contributed by atoms with van der Waals surface area (Å²) in [6.45, 7) is 4.65. The van der Waals surface area contributed by atoms with E-state index in [1.54, 1.807) is 0 Å². The molecule has 0 aromatic carbocycles. The van der Waals surface area contributed by atoms with Crippen molar-refractivity contribution in [3.63, 3.8) is 0 Å². The zero-order valence-corrected chi connectivity index (χ0v) is 12.7. The normalized spacial score (nSPS) is 18.8. The molecule has 1 aromatic heterocycles. The van der Waals surface area contributed by atoms with Crippen LogP contribution in [0.3, 0.4) is 0 Å². The second-order valence-corrected chi connectivity index (χ2v) is 6.74. The topological polar surface area (TPSA) is 54.9 Å². The molecule has 0 spiro atoms. The van der Waals surface area contributed by atoms with Crippen LogP contribution in [0.5, 0.6) is 0 Å². The smallest absolute Gasteiger partial charge is 0.271 e. The minimum absolute atomic E-state index is 0.175. The molecule has 1 aromatic rings. The van der Waals surface area contributed by atoms with E-state index in [4.69, 9.17) is 11.6 Å². The molecule has 1 N–H and O–H groups in total. The summed E-state index contributed by atoms with van der Waals surface area (Å²) in [6, 6.07) is 0. The molecule has 4 nitrogen and oxygen atoms in total. The molecule has 1 atom stereocenters. The lowest BCUT2D eigenvalue weighted by atomic mass is 10.2. The van der Waals surface area contributed by atoms with Gasteiger partial charge in [-0.15, -0.1) is 0 Å². The van der Waals surface area contributed by atoms with Gasteiger partial charge in [0.25, 0.3) is 5.91 Å². The summed E-state index contributed by atoms with van der Waals surface area (Å²) in [5, 5.41) is 3.74. The highest BCUT2D eigenvalue weighted by molar-refractivity contribution is 8.00. The molecule has 0 bridgehead atoms. The van der Waals surface area contributed by atoms with Gasteiger partial charge in [-0.3, -0.25) is 4.79 Å². The molecule has 2 heterocycles. The Morgan fingerprint density at radius 1 is 1.63 bits per heavy atom. The van der Waals surface area contributed by atoms with Crippen LogP contribution in [0, 0.1) is 0 Å². The molecule has 19 heavy (non-hydrogen) atoms. The van der Waals surface area contributed by atoms with Crippen LogP contribution in [-0.4, -0.2) is 33.4 Å². The Morgan fingerprint density at radius 2 is 2.42 bits per heavy atom. The number of carbonyl (C=O) groups excluding carboxylic acids is 1. The first-order valence-electron chi connectivity index (χ1n) is 6.50. The monoisotopic (exact) mass is 299 g/mol. The van der Waals surface area contributed by atoms with Crippen molar-refractivity contribution in [2.24, 2.45) is 0 Å². The molecule has 1 aliphatic rings. The Bertz CT molecular complexity index is 461. The van der Waals surface area contributed by atoms with Gasteiger partial charge in [-0.1, -0.05) is 25.4 Å². The first-order valence-corrected chi connectivity index (χ1v) is 7.93. The van der Waals surface area contributed by atoms with Crippen LogP contribution in [0.2, 0.25) is 5.02 Å². The van der Waals surface area contributed by atoms with Gasteiger partial charge < -0.3 is 5.32 Å². The number of hydrogen-bond donors (Lipinski definition) is 1. The van der Waals surface area contributed by atoms with Gasteiger partial charge in [-0.05, 0) is 18.6 Å². The number of rotatable bonds is 4. The summed E-state index contributed by atoms with van der Waals surface area (Å²) in [6.07, 6.45) is 3.90. The number of thioether (sulfide) groups is 1. The van der Waals surface area contributed by atoms with Gasteiger partial charge in [0.05, 0.1) is 11.2 Å². The summed E-state index contributed by atoms with van der Waals surface area (Å²) < 4.78 is 0. The van der Waals surface area contributed by atoms with E-state index in [1.807, 2.05) is 25.6 Å². The summed E-state index contributed by atoms with van der Waals surface area (Å²) in [5.74, 6) is 1.80. The van der Waals surface area contributed by atoms with Crippen LogP contribution in [-0.2, 0) is 0 Å². The standard InChI is InChI=1S/C13H18ClN3OS/c1-8(2)12-15-7-10(14)11(17-12)13(18)16-6-9-4-3-5-19-9/h7-9H,3-6H2,1-2H3,(H,16,18). The van der Waals surface area contributed by atoms with Gasteiger partial charge in [0, 0.05) is 17.7 Å². The minimum atomic E-state index is -0.207. The van der Waals surface area contributed by atoms with E-state index in [0.29, 0.717) is 22.6 Å². The van der Waals surface area contributed by atoms with Gasteiger partial charge >= 0.3 is 0 Å². The van der Waals surface area contributed by atoms with E-state index >= 15 is 0 Å². The molecule has 1 saturated heterocycles. The van der Waals surface area contributed by atoms with Crippen LogP contribution >= 0.6 is 23.4 Å². The maximum atomic E-state index is 12.1. The molecule has 0 saturated carbocycles. The molecular weight excluding hydrogens is 282 g/mol. The molecule has 0 radical (unpaired) electrons. The predicted octanol–water partition coefficient (Wildman–Crippen LogP) is 2.88. The van der Waals surface area contributed by atoms with Gasteiger partial charge in [0.2, 0.25) is 0 Å². The molecule has 104 valence electrons. The van der Waals surface area contributed by atoms with E-state index in [1.165, 1.54) is 24.8 Å². The third kappa shape index (κ3) is 3.83. The first-order chi connectivity index (χ1) is 9.08. The Labute approximate surface area is 122 Å².